The zero-order valence-electron chi connectivity index (χ0n) is 18.9. The Hall–Kier alpha value is -1.07. The van der Waals surface area contributed by atoms with E-state index in [4.69, 9.17) is 0 Å². The summed E-state index contributed by atoms with van der Waals surface area (Å²) in [6.07, 6.45) is 2.48. The van der Waals surface area contributed by atoms with Crippen molar-refractivity contribution in [1.82, 2.24) is 0 Å². The van der Waals surface area contributed by atoms with Gasteiger partial charge in [0, 0.05) is 0 Å². The van der Waals surface area contributed by atoms with E-state index in [1.54, 1.807) is 0 Å². The molecule has 0 saturated heterocycles. The number of hydrogen-bond donors (Lipinski definition) is 0. The van der Waals surface area contributed by atoms with Gasteiger partial charge in [-0.1, -0.05) is 75.2 Å². The van der Waals surface area contributed by atoms with Crippen LogP contribution in [0.15, 0.2) is 36.4 Å². The number of rotatable bonds is 2. The molecule has 0 aliphatic carbocycles. The van der Waals surface area contributed by atoms with E-state index in [2.05, 4.69) is 98.7 Å². The third-order valence-electron chi connectivity index (χ3n) is 5.63. The first-order valence-electron chi connectivity index (χ1n) is 9.79. The van der Waals surface area contributed by atoms with E-state index >= 15 is 0 Å². The first-order chi connectivity index (χ1) is 12.2. The van der Waals surface area contributed by atoms with Crippen LogP contribution in [0.4, 0.5) is 0 Å². The summed E-state index contributed by atoms with van der Waals surface area (Å²) in [6, 6.07) is 13.0. The summed E-state index contributed by atoms with van der Waals surface area (Å²) in [5, 5.41) is 0. The van der Waals surface area contributed by atoms with Gasteiger partial charge in [-0.15, -0.1) is 0 Å². The molecule has 1 radical (unpaired) electrons. The van der Waals surface area contributed by atoms with Crippen molar-refractivity contribution >= 4 is 0 Å². The van der Waals surface area contributed by atoms with Gasteiger partial charge < -0.3 is 0 Å². The summed E-state index contributed by atoms with van der Waals surface area (Å²) in [6.45, 7) is 19.6. The van der Waals surface area contributed by atoms with Gasteiger partial charge in [-0.3, -0.25) is 0 Å². The van der Waals surface area contributed by atoms with Gasteiger partial charge in [0.2, 0.25) is 0 Å². The van der Waals surface area contributed by atoms with Gasteiger partial charge in [-0.05, 0) is 0 Å². The Kier molecular flexibility index (Phi) is 11.9. The van der Waals surface area contributed by atoms with Crippen LogP contribution in [0, 0.1) is 55.4 Å². The van der Waals surface area contributed by atoms with Crippen LogP contribution < -0.4 is 0 Å². The molecule has 0 spiro atoms. The maximum Gasteiger partial charge on any atom is 3.00 e. The molecular weight excluding hydrogens is 404 g/mol. The van der Waals surface area contributed by atoms with Gasteiger partial charge in [0.15, 0.2) is 0 Å². The Bertz CT molecular complexity index is 684. The molecule has 0 N–H and O–H groups in total. The Balaban J connectivity index is 0.000000369. The van der Waals surface area contributed by atoms with Gasteiger partial charge >= 0.3 is 26.2 Å². The Morgan fingerprint density at radius 2 is 1.07 bits per heavy atom. The van der Waals surface area contributed by atoms with Gasteiger partial charge in [0.25, 0.3) is 0 Å². The summed E-state index contributed by atoms with van der Waals surface area (Å²) in [5.74, 6) is 0. The van der Waals surface area contributed by atoms with Gasteiger partial charge in [-0.25, -0.2) is 12.1 Å². The Labute approximate surface area is 187 Å². The van der Waals surface area contributed by atoms with Crippen molar-refractivity contribution < 1.29 is 26.2 Å². The van der Waals surface area contributed by atoms with Crippen molar-refractivity contribution in [2.45, 2.75) is 75.2 Å². The largest absolute Gasteiger partial charge is 3.00 e. The van der Waals surface area contributed by atoms with Gasteiger partial charge in [-0.2, -0.15) is 74.3 Å². The van der Waals surface area contributed by atoms with Crippen molar-refractivity contribution in [1.29, 1.82) is 0 Å². The zero-order valence-corrected chi connectivity index (χ0v) is 21.3. The summed E-state index contributed by atoms with van der Waals surface area (Å²) in [4.78, 5) is 0. The van der Waals surface area contributed by atoms with E-state index in [1.807, 2.05) is 0 Å². The zero-order chi connectivity index (χ0) is 19.9. The van der Waals surface area contributed by atoms with Crippen LogP contribution in [0.5, 0.6) is 0 Å². The molecule has 3 aromatic carbocycles. The molecule has 27 heavy (non-hydrogen) atoms. The number of aryl methyl sites for hydroxylation is 5. The monoisotopic (exact) mass is 439 g/mol. The van der Waals surface area contributed by atoms with Crippen molar-refractivity contribution in [3.63, 3.8) is 0 Å². The standard InChI is InChI=1S/2C9H13.C8H11.Zr/c2*1-6-5-7(2)9(4)8(6)3;1-2-5-8-6-3-4-7-8;/h2*5H,1-4H3;3-4,6-7H,2,5H2,1H3;/q3*-1;+3. The van der Waals surface area contributed by atoms with E-state index in [1.165, 1.54) is 62.9 Å². The van der Waals surface area contributed by atoms with Crippen LogP contribution in [0.3, 0.4) is 0 Å². The fraction of sp³-hybridized carbons (Fsp3) is 0.423. The minimum Gasteiger partial charge on any atom is -0.213 e. The molecule has 0 atom stereocenters. The van der Waals surface area contributed by atoms with Crippen molar-refractivity contribution in [3.8, 4) is 0 Å². The molecule has 3 rings (SSSR count). The predicted octanol–water partition coefficient (Wildman–Crippen LogP) is 7.63. The second kappa shape index (κ2) is 12.4. The minimum absolute atomic E-state index is 0. The average Bonchev–Trinajstić information content (AvgIpc) is 3.25. The van der Waals surface area contributed by atoms with E-state index in [-0.39, 0.29) is 26.2 Å². The Morgan fingerprint density at radius 3 is 1.26 bits per heavy atom. The van der Waals surface area contributed by atoms with Crippen LogP contribution in [0.1, 0.15) is 63.4 Å². The maximum absolute atomic E-state index is 2.24. The van der Waals surface area contributed by atoms with Crippen LogP contribution in [-0.4, -0.2) is 0 Å². The SMILES string of the molecule is CCC[c-]1cccc1.Cc1c[c-](C)c(C)c1C.Cc1c[c-](C)c(C)c1C.[Zr+3]. The second-order valence-electron chi connectivity index (χ2n) is 7.56. The molecule has 0 aliphatic rings. The molecule has 1 heteroatoms. The van der Waals surface area contributed by atoms with E-state index in [9.17, 15) is 0 Å². The molecule has 145 valence electrons. The van der Waals surface area contributed by atoms with E-state index in [0.717, 1.165) is 0 Å². The first kappa shape index (κ1) is 25.9. The molecule has 0 fully saturated rings. The van der Waals surface area contributed by atoms with Crippen molar-refractivity contribution in [2.24, 2.45) is 0 Å². The summed E-state index contributed by atoms with van der Waals surface area (Å²) in [7, 11) is 0. The Morgan fingerprint density at radius 1 is 0.704 bits per heavy atom. The third-order valence-corrected chi connectivity index (χ3v) is 5.63. The summed E-state index contributed by atoms with van der Waals surface area (Å²) >= 11 is 0. The molecule has 0 bridgehead atoms. The van der Waals surface area contributed by atoms with Gasteiger partial charge in [0.1, 0.15) is 0 Å². The molecule has 0 unspecified atom stereocenters. The third kappa shape index (κ3) is 7.83. The van der Waals surface area contributed by atoms with Crippen LogP contribution >= 0.6 is 0 Å². The van der Waals surface area contributed by atoms with Crippen LogP contribution in [0.25, 0.3) is 0 Å². The fourth-order valence-corrected chi connectivity index (χ4v) is 3.13. The summed E-state index contributed by atoms with van der Waals surface area (Å²) < 4.78 is 0. The first-order valence-corrected chi connectivity index (χ1v) is 9.79. The topological polar surface area (TPSA) is 0 Å². The molecule has 0 aliphatic heterocycles. The smallest absolute Gasteiger partial charge is 0.213 e. The van der Waals surface area contributed by atoms with E-state index in [0.29, 0.717) is 0 Å². The second-order valence-corrected chi connectivity index (χ2v) is 7.56. The molecule has 0 aromatic heterocycles. The minimum atomic E-state index is 0. The fourth-order valence-electron chi connectivity index (χ4n) is 3.13. The molecule has 3 aromatic rings. The molecule has 0 heterocycles. The van der Waals surface area contributed by atoms with Crippen LogP contribution in [0.2, 0.25) is 0 Å². The normalized spacial score (nSPS) is 9.67. The maximum atomic E-state index is 2.24. The quantitative estimate of drug-likeness (QED) is 0.359. The predicted molar refractivity (Wildman–Crippen MR) is 118 cm³/mol. The molecule has 0 nitrogen and oxygen atoms in total. The molecular formula is C26H37Zr. The van der Waals surface area contributed by atoms with Gasteiger partial charge in [0.05, 0.1) is 0 Å². The molecule has 0 saturated carbocycles. The van der Waals surface area contributed by atoms with Crippen molar-refractivity contribution in [3.05, 3.63) is 86.5 Å². The molecule has 0 amide bonds. The van der Waals surface area contributed by atoms with E-state index < -0.39 is 0 Å². The average molecular weight is 441 g/mol. The number of hydrogen-bond acceptors (Lipinski definition) is 0. The van der Waals surface area contributed by atoms with Crippen LogP contribution in [-0.2, 0) is 32.6 Å². The summed E-state index contributed by atoms with van der Waals surface area (Å²) in [5.41, 5.74) is 13.0. The van der Waals surface area contributed by atoms with Crippen molar-refractivity contribution in [2.75, 3.05) is 0 Å².